The first-order chi connectivity index (χ1) is 10.2. The van der Waals surface area contributed by atoms with Gasteiger partial charge in [-0.15, -0.1) is 11.3 Å². The lowest BCUT2D eigenvalue weighted by molar-refractivity contribution is 0.385. The molecule has 108 valence electrons. The average molecular weight is 301 g/mol. The number of thiophene rings is 1. The third-order valence-electron chi connectivity index (χ3n) is 3.51. The van der Waals surface area contributed by atoms with Crippen LogP contribution in [0.5, 0.6) is 5.75 Å². The van der Waals surface area contributed by atoms with Gasteiger partial charge in [-0.3, -0.25) is 0 Å². The van der Waals surface area contributed by atoms with Gasteiger partial charge in [0, 0.05) is 16.4 Å². The normalized spacial score (nSPS) is 12.3. The van der Waals surface area contributed by atoms with Gasteiger partial charge in [0.2, 0.25) is 0 Å². The quantitative estimate of drug-likeness (QED) is 0.713. The van der Waals surface area contributed by atoms with Crippen molar-refractivity contribution in [3.63, 3.8) is 0 Å². The summed E-state index contributed by atoms with van der Waals surface area (Å²) in [5, 5.41) is 6.75. The van der Waals surface area contributed by atoms with Crippen LogP contribution in [0.2, 0.25) is 0 Å². The number of hydrogen-bond donors (Lipinski definition) is 1. The van der Waals surface area contributed by atoms with Crippen LogP contribution in [-0.2, 0) is 0 Å². The molecule has 3 rings (SSSR count). The second-order valence-electron chi connectivity index (χ2n) is 4.93. The molecule has 1 atom stereocenters. The Morgan fingerprint density at radius 2 is 2.00 bits per heavy atom. The minimum atomic E-state index is -0.340. The molecular formula is C17H16FNOS. The zero-order valence-corrected chi connectivity index (χ0v) is 12.7. The van der Waals surface area contributed by atoms with E-state index in [0.717, 1.165) is 11.3 Å². The van der Waals surface area contributed by atoms with Gasteiger partial charge in [-0.1, -0.05) is 6.07 Å². The standard InChI is InChI=1S/C17H16FNOS/c1-11(12-3-5-15(18)16(10-12)20-2)19-14-4-6-17-13(9-14)7-8-21-17/h3-11,19H,1-2H3. The van der Waals surface area contributed by atoms with Gasteiger partial charge < -0.3 is 10.1 Å². The number of halogens is 1. The molecule has 0 radical (unpaired) electrons. The SMILES string of the molecule is COc1cc(C(C)Nc2ccc3sccc3c2)ccc1F. The van der Waals surface area contributed by atoms with Crippen LogP contribution >= 0.6 is 11.3 Å². The third-order valence-corrected chi connectivity index (χ3v) is 4.41. The van der Waals surface area contributed by atoms with E-state index in [1.54, 1.807) is 23.5 Å². The van der Waals surface area contributed by atoms with Crippen LogP contribution in [0.25, 0.3) is 10.1 Å². The highest BCUT2D eigenvalue weighted by atomic mass is 32.1. The summed E-state index contributed by atoms with van der Waals surface area (Å²) in [6.45, 7) is 2.05. The van der Waals surface area contributed by atoms with Crippen molar-refractivity contribution in [2.45, 2.75) is 13.0 Å². The van der Waals surface area contributed by atoms with E-state index in [9.17, 15) is 4.39 Å². The summed E-state index contributed by atoms with van der Waals surface area (Å²) >= 11 is 1.73. The Hall–Kier alpha value is -2.07. The van der Waals surface area contributed by atoms with Gasteiger partial charge in [0.25, 0.3) is 0 Å². The van der Waals surface area contributed by atoms with Crippen LogP contribution in [-0.4, -0.2) is 7.11 Å². The van der Waals surface area contributed by atoms with E-state index >= 15 is 0 Å². The number of ether oxygens (including phenoxy) is 1. The summed E-state index contributed by atoms with van der Waals surface area (Å²) in [7, 11) is 1.48. The van der Waals surface area contributed by atoms with Crippen molar-refractivity contribution in [2.24, 2.45) is 0 Å². The Morgan fingerprint density at radius 3 is 2.81 bits per heavy atom. The molecule has 1 N–H and O–H groups in total. The van der Waals surface area contributed by atoms with E-state index in [-0.39, 0.29) is 17.6 Å². The van der Waals surface area contributed by atoms with Crippen LogP contribution in [0, 0.1) is 5.82 Å². The first-order valence-electron chi connectivity index (χ1n) is 6.74. The second-order valence-corrected chi connectivity index (χ2v) is 5.88. The number of anilines is 1. The van der Waals surface area contributed by atoms with E-state index in [4.69, 9.17) is 4.74 Å². The fraction of sp³-hybridized carbons (Fsp3) is 0.176. The maximum Gasteiger partial charge on any atom is 0.165 e. The molecule has 0 saturated heterocycles. The largest absolute Gasteiger partial charge is 0.494 e. The summed E-state index contributed by atoms with van der Waals surface area (Å²) in [4.78, 5) is 0. The number of nitrogens with one attached hydrogen (secondary N) is 1. The van der Waals surface area contributed by atoms with Crippen molar-refractivity contribution in [3.8, 4) is 5.75 Å². The van der Waals surface area contributed by atoms with Crippen LogP contribution < -0.4 is 10.1 Å². The second kappa shape index (κ2) is 5.74. The minimum Gasteiger partial charge on any atom is -0.494 e. The van der Waals surface area contributed by atoms with Gasteiger partial charge >= 0.3 is 0 Å². The van der Waals surface area contributed by atoms with Crippen molar-refractivity contribution >= 4 is 27.1 Å². The van der Waals surface area contributed by atoms with Gasteiger partial charge in [0.15, 0.2) is 11.6 Å². The zero-order chi connectivity index (χ0) is 14.8. The van der Waals surface area contributed by atoms with Crippen molar-refractivity contribution < 1.29 is 9.13 Å². The Balaban J connectivity index is 1.83. The summed E-state index contributed by atoms with van der Waals surface area (Å²) < 4.78 is 19.8. The van der Waals surface area contributed by atoms with Crippen molar-refractivity contribution in [1.29, 1.82) is 0 Å². The highest BCUT2D eigenvalue weighted by Gasteiger charge is 2.10. The molecule has 0 aliphatic rings. The van der Waals surface area contributed by atoms with Crippen molar-refractivity contribution in [3.05, 3.63) is 59.2 Å². The van der Waals surface area contributed by atoms with Gasteiger partial charge in [-0.05, 0) is 59.7 Å². The summed E-state index contributed by atoms with van der Waals surface area (Å²) in [6, 6.07) is 13.4. The first kappa shape index (κ1) is 13.9. The first-order valence-corrected chi connectivity index (χ1v) is 7.62. The van der Waals surface area contributed by atoms with E-state index in [1.807, 2.05) is 6.92 Å². The highest BCUT2D eigenvalue weighted by Crippen LogP contribution is 2.28. The topological polar surface area (TPSA) is 21.3 Å². The molecular weight excluding hydrogens is 285 g/mol. The molecule has 0 amide bonds. The van der Waals surface area contributed by atoms with Gasteiger partial charge in [-0.2, -0.15) is 0 Å². The van der Waals surface area contributed by atoms with Gasteiger partial charge in [0.1, 0.15) is 0 Å². The lowest BCUT2D eigenvalue weighted by Gasteiger charge is -2.17. The number of methoxy groups -OCH3 is 1. The zero-order valence-electron chi connectivity index (χ0n) is 11.9. The molecule has 0 spiro atoms. The van der Waals surface area contributed by atoms with Crippen molar-refractivity contribution in [1.82, 2.24) is 0 Å². The summed E-state index contributed by atoms with van der Waals surface area (Å²) in [5.74, 6) is -0.0671. The number of hydrogen-bond acceptors (Lipinski definition) is 3. The fourth-order valence-electron chi connectivity index (χ4n) is 2.34. The molecule has 2 nitrogen and oxygen atoms in total. The number of benzene rings is 2. The Morgan fingerprint density at radius 1 is 1.14 bits per heavy atom. The number of fused-ring (bicyclic) bond motifs is 1. The molecule has 0 aliphatic heterocycles. The summed E-state index contributed by atoms with van der Waals surface area (Å²) in [6.07, 6.45) is 0. The molecule has 0 bridgehead atoms. The minimum absolute atomic E-state index is 0.0654. The lowest BCUT2D eigenvalue weighted by Crippen LogP contribution is -2.07. The predicted molar refractivity (Wildman–Crippen MR) is 86.8 cm³/mol. The Labute approximate surface area is 127 Å². The average Bonchev–Trinajstić information content (AvgIpc) is 2.95. The lowest BCUT2D eigenvalue weighted by atomic mass is 10.1. The molecule has 0 aliphatic carbocycles. The van der Waals surface area contributed by atoms with Crippen LogP contribution in [0.4, 0.5) is 10.1 Å². The fourth-order valence-corrected chi connectivity index (χ4v) is 3.11. The van der Waals surface area contributed by atoms with E-state index in [2.05, 4.69) is 35.0 Å². The Bertz CT molecular complexity index is 768. The van der Waals surface area contributed by atoms with Crippen LogP contribution in [0.3, 0.4) is 0 Å². The monoisotopic (exact) mass is 301 g/mol. The van der Waals surface area contributed by atoms with E-state index < -0.39 is 0 Å². The van der Waals surface area contributed by atoms with Crippen LogP contribution in [0.1, 0.15) is 18.5 Å². The van der Waals surface area contributed by atoms with E-state index in [1.165, 1.54) is 23.3 Å². The molecule has 0 fully saturated rings. The molecule has 2 aromatic carbocycles. The maximum atomic E-state index is 13.5. The molecule has 4 heteroatoms. The maximum absolute atomic E-state index is 13.5. The molecule has 1 heterocycles. The summed E-state index contributed by atoms with van der Waals surface area (Å²) in [5.41, 5.74) is 2.04. The van der Waals surface area contributed by atoms with Crippen molar-refractivity contribution in [2.75, 3.05) is 12.4 Å². The molecule has 0 saturated carbocycles. The number of rotatable bonds is 4. The predicted octanol–water partition coefficient (Wildman–Crippen LogP) is 5.22. The molecule has 3 aromatic rings. The smallest absolute Gasteiger partial charge is 0.165 e. The van der Waals surface area contributed by atoms with Gasteiger partial charge in [0.05, 0.1) is 7.11 Å². The molecule has 21 heavy (non-hydrogen) atoms. The third kappa shape index (κ3) is 2.85. The van der Waals surface area contributed by atoms with Crippen LogP contribution in [0.15, 0.2) is 47.8 Å². The molecule has 1 aromatic heterocycles. The van der Waals surface area contributed by atoms with Gasteiger partial charge in [-0.25, -0.2) is 4.39 Å². The van der Waals surface area contributed by atoms with E-state index in [0.29, 0.717) is 0 Å². The molecule has 1 unspecified atom stereocenters. The Kier molecular flexibility index (Phi) is 3.80. The highest BCUT2D eigenvalue weighted by molar-refractivity contribution is 7.17.